The normalized spacial score (nSPS) is 17.0. The number of piperidine rings is 1. The van der Waals surface area contributed by atoms with Crippen molar-refractivity contribution in [2.75, 3.05) is 13.2 Å². The highest BCUT2D eigenvalue weighted by Crippen LogP contribution is 2.22. The fourth-order valence-corrected chi connectivity index (χ4v) is 3.86. The molecule has 1 aromatic heterocycles. The molecule has 1 unspecified atom stereocenters. The van der Waals surface area contributed by atoms with E-state index in [1.165, 1.54) is 0 Å². The highest BCUT2D eigenvalue weighted by atomic mass is 16.5. The number of nitrogens with zero attached hydrogens (tertiary/aromatic N) is 2. The number of likely N-dealkylation sites (tertiary alicyclic amines) is 1. The molecule has 1 aliphatic rings. The van der Waals surface area contributed by atoms with Crippen LogP contribution < -0.4 is 0 Å². The fourth-order valence-electron chi connectivity index (χ4n) is 3.86. The van der Waals surface area contributed by atoms with Gasteiger partial charge in [-0.2, -0.15) is 0 Å². The van der Waals surface area contributed by atoms with Crippen molar-refractivity contribution in [3.8, 4) is 0 Å². The van der Waals surface area contributed by atoms with Crippen molar-refractivity contribution in [3.63, 3.8) is 0 Å². The average Bonchev–Trinajstić information content (AvgIpc) is 3.06. The Morgan fingerprint density at radius 2 is 1.89 bits per heavy atom. The summed E-state index contributed by atoms with van der Waals surface area (Å²) < 4.78 is 7.36. The minimum atomic E-state index is -0.294. The molecule has 1 fully saturated rings. The summed E-state index contributed by atoms with van der Waals surface area (Å²) >= 11 is 0. The predicted octanol–water partition coefficient (Wildman–Crippen LogP) is 3.88. The Labute approximate surface area is 160 Å². The second-order valence-electron chi connectivity index (χ2n) is 7.45. The SMILES string of the molecule is Cc1cc(C)cc(C(=O)OCCC2CCCCN2C(=O)c2cccn2C)c1. The maximum atomic E-state index is 12.9. The quantitative estimate of drug-likeness (QED) is 0.753. The van der Waals surface area contributed by atoms with Crippen molar-refractivity contribution in [1.29, 1.82) is 0 Å². The van der Waals surface area contributed by atoms with Crippen molar-refractivity contribution < 1.29 is 14.3 Å². The van der Waals surface area contributed by atoms with E-state index in [0.29, 0.717) is 24.3 Å². The molecule has 3 rings (SSSR count). The van der Waals surface area contributed by atoms with Crippen LogP contribution in [0.1, 0.15) is 57.7 Å². The second kappa shape index (κ2) is 8.42. The maximum absolute atomic E-state index is 12.9. The van der Waals surface area contributed by atoms with Crippen LogP contribution in [0.5, 0.6) is 0 Å². The monoisotopic (exact) mass is 368 g/mol. The first-order valence-electron chi connectivity index (χ1n) is 9.63. The first kappa shape index (κ1) is 19.2. The van der Waals surface area contributed by atoms with E-state index in [9.17, 15) is 9.59 Å². The van der Waals surface area contributed by atoms with Crippen molar-refractivity contribution >= 4 is 11.9 Å². The molecule has 0 radical (unpaired) electrons. The highest BCUT2D eigenvalue weighted by Gasteiger charge is 2.28. The van der Waals surface area contributed by atoms with Gasteiger partial charge in [0, 0.05) is 32.3 Å². The molecular weight excluding hydrogens is 340 g/mol. The molecule has 0 bridgehead atoms. The average molecular weight is 368 g/mol. The van der Waals surface area contributed by atoms with Gasteiger partial charge in [0.1, 0.15) is 5.69 Å². The van der Waals surface area contributed by atoms with Crippen LogP contribution in [0, 0.1) is 13.8 Å². The van der Waals surface area contributed by atoms with E-state index in [1.54, 1.807) is 0 Å². The summed E-state index contributed by atoms with van der Waals surface area (Å²) in [6, 6.07) is 9.59. The number of ether oxygens (including phenoxy) is 1. The first-order valence-corrected chi connectivity index (χ1v) is 9.63. The van der Waals surface area contributed by atoms with Crippen LogP contribution in [0.2, 0.25) is 0 Å². The van der Waals surface area contributed by atoms with E-state index in [2.05, 4.69) is 0 Å². The summed E-state index contributed by atoms with van der Waals surface area (Å²) in [4.78, 5) is 27.2. The lowest BCUT2D eigenvalue weighted by atomic mass is 9.99. The summed E-state index contributed by atoms with van der Waals surface area (Å²) in [6.45, 7) is 5.03. The number of esters is 1. The zero-order valence-corrected chi connectivity index (χ0v) is 16.4. The largest absolute Gasteiger partial charge is 0.462 e. The van der Waals surface area contributed by atoms with Crippen LogP contribution in [-0.4, -0.2) is 40.5 Å². The van der Waals surface area contributed by atoms with E-state index in [1.807, 2.05) is 66.9 Å². The Kier molecular flexibility index (Phi) is 5.99. The van der Waals surface area contributed by atoms with Crippen LogP contribution in [0.15, 0.2) is 36.5 Å². The fraction of sp³-hybridized carbons (Fsp3) is 0.455. The van der Waals surface area contributed by atoms with Crippen LogP contribution >= 0.6 is 0 Å². The number of hydrogen-bond acceptors (Lipinski definition) is 3. The van der Waals surface area contributed by atoms with Crippen molar-refractivity contribution in [1.82, 2.24) is 9.47 Å². The predicted molar refractivity (Wildman–Crippen MR) is 105 cm³/mol. The zero-order valence-electron chi connectivity index (χ0n) is 16.4. The molecule has 1 aromatic carbocycles. The summed E-state index contributed by atoms with van der Waals surface area (Å²) in [5.74, 6) is -0.231. The van der Waals surface area contributed by atoms with Crippen molar-refractivity contribution in [2.45, 2.75) is 45.6 Å². The van der Waals surface area contributed by atoms with Gasteiger partial charge < -0.3 is 14.2 Å². The lowest BCUT2D eigenvalue weighted by Crippen LogP contribution is -2.44. The third-order valence-electron chi connectivity index (χ3n) is 5.19. The molecule has 2 heterocycles. The van der Waals surface area contributed by atoms with Gasteiger partial charge in [-0.1, -0.05) is 17.2 Å². The highest BCUT2D eigenvalue weighted by molar-refractivity contribution is 5.93. The van der Waals surface area contributed by atoms with Gasteiger partial charge in [0.15, 0.2) is 0 Å². The Balaban J connectivity index is 1.59. The standard InChI is InChI=1S/C22H28N2O3/c1-16-13-17(2)15-18(14-16)22(26)27-12-9-19-7-4-5-11-24(19)21(25)20-8-6-10-23(20)3/h6,8,10,13-15,19H,4-5,7,9,11-12H2,1-3H3. The number of carbonyl (C=O) groups is 2. The van der Waals surface area contributed by atoms with Gasteiger partial charge in [-0.25, -0.2) is 4.79 Å². The summed E-state index contributed by atoms with van der Waals surface area (Å²) in [7, 11) is 1.89. The van der Waals surface area contributed by atoms with Gasteiger partial charge in [-0.3, -0.25) is 4.79 Å². The molecule has 0 aliphatic carbocycles. The van der Waals surface area contributed by atoms with Gasteiger partial charge in [-0.05, 0) is 57.4 Å². The van der Waals surface area contributed by atoms with E-state index in [-0.39, 0.29) is 17.9 Å². The summed E-state index contributed by atoms with van der Waals surface area (Å²) in [5, 5.41) is 0. The molecule has 5 nitrogen and oxygen atoms in total. The second-order valence-corrected chi connectivity index (χ2v) is 7.45. The molecule has 0 spiro atoms. The van der Waals surface area contributed by atoms with Gasteiger partial charge in [0.05, 0.1) is 12.2 Å². The molecule has 0 saturated carbocycles. The smallest absolute Gasteiger partial charge is 0.338 e. The van der Waals surface area contributed by atoms with E-state index in [4.69, 9.17) is 4.74 Å². The Bertz CT molecular complexity index is 804. The minimum Gasteiger partial charge on any atom is -0.462 e. The molecule has 144 valence electrons. The third kappa shape index (κ3) is 4.59. The zero-order chi connectivity index (χ0) is 19.4. The number of carbonyl (C=O) groups excluding carboxylic acids is 2. The minimum absolute atomic E-state index is 0.0628. The Morgan fingerprint density at radius 1 is 1.15 bits per heavy atom. The summed E-state index contributed by atoms with van der Waals surface area (Å²) in [5.41, 5.74) is 3.39. The summed E-state index contributed by atoms with van der Waals surface area (Å²) in [6.07, 6.45) is 5.64. The van der Waals surface area contributed by atoms with Gasteiger partial charge >= 0.3 is 5.97 Å². The number of rotatable bonds is 5. The first-order chi connectivity index (χ1) is 13.0. The van der Waals surface area contributed by atoms with E-state index in [0.717, 1.165) is 36.9 Å². The van der Waals surface area contributed by atoms with Crippen LogP contribution in [0.25, 0.3) is 0 Å². The van der Waals surface area contributed by atoms with E-state index >= 15 is 0 Å². The number of benzene rings is 1. The van der Waals surface area contributed by atoms with Gasteiger partial charge in [0.25, 0.3) is 5.91 Å². The Morgan fingerprint density at radius 3 is 2.56 bits per heavy atom. The maximum Gasteiger partial charge on any atom is 0.338 e. The number of aryl methyl sites for hydroxylation is 3. The lowest BCUT2D eigenvalue weighted by molar-refractivity contribution is 0.0406. The molecule has 2 aromatic rings. The van der Waals surface area contributed by atoms with Crippen LogP contribution in [-0.2, 0) is 11.8 Å². The number of hydrogen-bond donors (Lipinski definition) is 0. The van der Waals surface area contributed by atoms with Crippen LogP contribution in [0.4, 0.5) is 0 Å². The molecule has 0 N–H and O–H groups in total. The molecule has 27 heavy (non-hydrogen) atoms. The topological polar surface area (TPSA) is 51.5 Å². The molecule has 1 aliphatic heterocycles. The molecule has 5 heteroatoms. The number of amides is 1. The van der Waals surface area contributed by atoms with Gasteiger partial charge in [-0.15, -0.1) is 0 Å². The molecule has 1 amide bonds. The lowest BCUT2D eigenvalue weighted by Gasteiger charge is -2.35. The van der Waals surface area contributed by atoms with Crippen molar-refractivity contribution in [2.24, 2.45) is 7.05 Å². The van der Waals surface area contributed by atoms with Crippen LogP contribution in [0.3, 0.4) is 0 Å². The molecule has 1 atom stereocenters. The van der Waals surface area contributed by atoms with Crippen molar-refractivity contribution in [3.05, 3.63) is 58.9 Å². The van der Waals surface area contributed by atoms with Gasteiger partial charge in [0.2, 0.25) is 0 Å². The molecular formula is C22H28N2O3. The number of aromatic nitrogens is 1. The Hall–Kier alpha value is -2.56. The molecule has 1 saturated heterocycles. The van der Waals surface area contributed by atoms with E-state index < -0.39 is 0 Å². The third-order valence-corrected chi connectivity index (χ3v) is 5.19.